The zero-order chi connectivity index (χ0) is 32.2. The van der Waals surface area contributed by atoms with Crippen molar-refractivity contribution in [3.05, 3.63) is 83.4 Å². The minimum absolute atomic E-state index is 0.0135. The zero-order valence-corrected chi connectivity index (χ0v) is 26.2. The molecule has 2 N–H and O–H groups in total. The van der Waals surface area contributed by atoms with Crippen molar-refractivity contribution in [2.24, 2.45) is 0 Å². The molecule has 1 aliphatic rings. The third kappa shape index (κ3) is 8.22. The average molecular weight is 646 g/mol. The third-order valence-electron chi connectivity index (χ3n) is 8.33. The highest BCUT2D eigenvalue weighted by atomic mass is 31.0. The van der Waals surface area contributed by atoms with Gasteiger partial charge in [0.25, 0.3) is 0 Å². The summed E-state index contributed by atoms with van der Waals surface area (Å²) in [6.45, 7) is 4.47. The van der Waals surface area contributed by atoms with Gasteiger partial charge in [0.05, 0.1) is 11.7 Å². The Bertz CT molecular complexity index is 1610. The van der Waals surface area contributed by atoms with E-state index >= 15 is 0 Å². The first-order valence-electron chi connectivity index (χ1n) is 15.2. The predicted molar refractivity (Wildman–Crippen MR) is 171 cm³/mol. The number of rotatable bonds is 11. The van der Waals surface area contributed by atoms with Crippen LogP contribution < -0.4 is 10.1 Å². The molecule has 2 heterocycles. The number of likely N-dealkylation sites (tertiary alicyclic amines) is 1. The molecule has 11 heteroatoms. The van der Waals surface area contributed by atoms with Crippen molar-refractivity contribution in [2.75, 3.05) is 31.1 Å². The van der Waals surface area contributed by atoms with E-state index in [1.807, 2.05) is 28.3 Å². The molecule has 240 valence electrons. The molecule has 1 fully saturated rings. The molecule has 1 aromatic heterocycles. The Morgan fingerprint density at radius 3 is 2.42 bits per heavy atom. The lowest BCUT2D eigenvalue weighted by molar-refractivity contribution is -0.154. The summed E-state index contributed by atoms with van der Waals surface area (Å²) in [4.78, 5) is 17.5. The van der Waals surface area contributed by atoms with Gasteiger partial charge in [-0.1, -0.05) is 31.2 Å². The highest BCUT2D eigenvalue weighted by molar-refractivity contribution is 7.16. The Morgan fingerprint density at radius 2 is 1.76 bits per heavy atom. The number of fused-ring (bicyclic) bond motifs is 1. The number of nitrogens with zero attached hydrogens (tertiary/aromatic N) is 1. The van der Waals surface area contributed by atoms with Crippen molar-refractivity contribution in [1.82, 2.24) is 9.88 Å². The molecule has 1 unspecified atom stereocenters. The standard InChI is InChI=1S/C34H37F5N3O2P/c1-2-31(43)40-26-6-3-5-24(19-26)22-14-17-42(18-15-22)16-4-7-28-29-20-27(44-33(35,36)21-45)12-13-30(29)41-32(28)23-8-10-25(11-9-23)34(37,38)39/h3,5-6,8-13,19-20,22,41H,2,4,7,14-18,21,45H2,1H3,(H,40,43). The van der Waals surface area contributed by atoms with E-state index in [9.17, 15) is 26.7 Å². The summed E-state index contributed by atoms with van der Waals surface area (Å²) >= 11 is 0. The molecule has 3 aromatic carbocycles. The fraction of sp³-hybridized carbons (Fsp3) is 0.382. The fourth-order valence-electron chi connectivity index (χ4n) is 5.93. The molecule has 1 amide bonds. The summed E-state index contributed by atoms with van der Waals surface area (Å²) in [5.41, 5.74) is 4.10. The smallest absolute Gasteiger partial charge is 0.416 e. The number of hydrogen-bond donors (Lipinski definition) is 2. The minimum atomic E-state index is -4.45. The van der Waals surface area contributed by atoms with Crippen LogP contribution in [0, 0.1) is 0 Å². The molecule has 5 rings (SSSR count). The maximum absolute atomic E-state index is 14.0. The second-order valence-electron chi connectivity index (χ2n) is 11.5. The van der Waals surface area contributed by atoms with Gasteiger partial charge in [0.15, 0.2) is 0 Å². The van der Waals surface area contributed by atoms with Crippen molar-refractivity contribution in [3.8, 4) is 17.0 Å². The molecular formula is C34H37F5N3O2P. The van der Waals surface area contributed by atoms with E-state index in [2.05, 4.69) is 27.3 Å². The number of nitrogens with one attached hydrogen (secondary N) is 2. The predicted octanol–water partition coefficient (Wildman–Crippen LogP) is 8.86. The molecule has 1 saturated heterocycles. The van der Waals surface area contributed by atoms with E-state index in [-0.39, 0.29) is 11.7 Å². The summed E-state index contributed by atoms with van der Waals surface area (Å²) in [6.07, 6.45) is -4.58. The molecular weight excluding hydrogens is 608 g/mol. The van der Waals surface area contributed by atoms with E-state index in [0.29, 0.717) is 40.9 Å². The summed E-state index contributed by atoms with van der Waals surface area (Å²) in [6, 6.07) is 17.7. The van der Waals surface area contributed by atoms with Gasteiger partial charge in [0.1, 0.15) is 5.75 Å². The van der Waals surface area contributed by atoms with E-state index in [1.54, 1.807) is 12.1 Å². The van der Waals surface area contributed by atoms with Crippen LogP contribution in [0.2, 0.25) is 0 Å². The average Bonchev–Trinajstić information content (AvgIpc) is 3.38. The highest BCUT2D eigenvalue weighted by Crippen LogP contribution is 2.37. The normalized spacial score (nSPS) is 15.0. The van der Waals surface area contributed by atoms with Crippen molar-refractivity contribution in [3.63, 3.8) is 0 Å². The van der Waals surface area contributed by atoms with Crippen LogP contribution in [-0.2, 0) is 17.4 Å². The summed E-state index contributed by atoms with van der Waals surface area (Å²) < 4.78 is 72.6. The number of carbonyl (C=O) groups excluding carboxylic acids is 1. The molecule has 0 aliphatic carbocycles. The monoisotopic (exact) mass is 645 g/mol. The lowest BCUT2D eigenvalue weighted by Gasteiger charge is -2.32. The van der Waals surface area contributed by atoms with E-state index in [0.717, 1.165) is 62.3 Å². The number of hydrogen-bond acceptors (Lipinski definition) is 3. The number of piperidine rings is 1. The number of benzene rings is 3. The first-order chi connectivity index (χ1) is 21.5. The first-order valence-corrected chi connectivity index (χ1v) is 16.0. The number of halogens is 5. The van der Waals surface area contributed by atoms with Crippen molar-refractivity contribution in [1.29, 1.82) is 0 Å². The van der Waals surface area contributed by atoms with Crippen LogP contribution >= 0.6 is 9.24 Å². The Hall–Kier alpha value is -3.49. The Morgan fingerprint density at radius 1 is 1.02 bits per heavy atom. The van der Waals surface area contributed by atoms with Crippen molar-refractivity contribution < 1.29 is 31.5 Å². The topological polar surface area (TPSA) is 57.4 Å². The number of aromatic amines is 1. The Labute approximate surface area is 261 Å². The minimum Gasteiger partial charge on any atom is -0.432 e. The summed E-state index contributed by atoms with van der Waals surface area (Å²) in [5.74, 6) is 0.410. The second kappa shape index (κ2) is 13.9. The van der Waals surface area contributed by atoms with Crippen LogP contribution in [0.5, 0.6) is 5.75 Å². The van der Waals surface area contributed by atoms with Crippen LogP contribution in [0.3, 0.4) is 0 Å². The fourth-order valence-corrected chi connectivity index (χ4v) is 6.01. The molecule has 45 heavy (non-hydrogen) atoms. The van der Waals surface area contributed by atoms with E-state index < -0.39 is 24.0 Å². The van der Waals surface area contributed by atoms with Crippen LogP contribution in [-0.4, -0.2) is 47.7 Å². The third-order valence-corrected chi connectivity index (χ3v) is 8.81. The quantitative estimate of drug-likeness (QED) is 0.127. The number of carbonyl (C=O) groups is 1. The van der Waals surface area contributed by atoms with Gasteiger partial charge in [-0.2, -0.15) is 22.0 Å². The van der Waals surface area contributed by atoms with Gasteiger partial charge >= 0.3 is 12.3 Å². The second-order valence-corrected chi connectivity index (χ2v) is 11.9. The molecule has 0 radical (unpaired) electrons. The Kier molecular flexibility index (Phi) is 10.1. The molecule has 4 aromatic rings. The molecule has 1 atom stereocenters. The lowest BCUT2D eigenvalue weighted by atomic mass is 9.89. The van der Waals surface area contributed by atoms with Gasteiger partial charge < -0.3 is 19.9 Å². The van der Waals surface area contributed by atoms with Crippen LogP contribution in [0.1, 0.15) is 55.2 Å². The van der Waals surface area contributed by atoms with Gasteiger partial charge in [-0.15, -0.1) is 9.24 Å². The lowest BCUT2D eigenvalue weighted by Crippen LogP contribution is -2.33. The maximum atomic E-state index is 14.0. The molecule has 5 nitrogen and oxygen atoms in total. The SMILES string of the molecule is CCC(=O)Nc1cccc(C2CCN(CCCc3c(-c4ccc(C(F)(F)F)cc4)[nH]c4ccc(OC(F)(F)CP)cc34)CC2)c1. The highest BCUT2D eigenvalue weighted by Gasteiger charge is 2.31. The number of alkyl halides is 5. The number of ether oxygens (including phenoxy) is 1. The number of aryl methyl sites for hydroxylation is 1. The van der Waals surface area contributed by atoms with Gasteiger partial charge in [0, 0.05) is 28.7 Å². The number of anilines is 1. The van der Waals surface area contributed by atoms with Crippen molar-refractivity contribution in [2.45, 2.75) is 57.2 Å². The van der Waals surface area contributed by atoms with Gasteiger partial charge in [-0.25, -0.2) is 0 Å². The van der Waals surface area contributed by atoms with E-state index in [1.165, 1.54) is 23.8 Å². The van der Waals surface area contributed by atoms with Crippen molar-refractivity contribution >= 4 is 31.7 Å². The molecule has 1 aliphatic heterocycles. The largest absolute Gasteiger partial charge is 0.432 e. The molecule has 0 bridgehead atoms. The van der Waals surface area contributed by atoms with Crippen LogP contribution in [0.15, 0.2) is 66.7 Å². The number of aromatic nitrogens is 1. The maximum Gasteiger partial charge on any atom is 0.416 e. The van der Waals surface area contributed by atoms with E-state index in [4.69, 9.17) is 4.74 Å². The van der Waals surface area contributed by atoms with Crippen LogP contribution in [0.4, 0.5) is 27.6 Å². The van der Waals surface area contributed by atoms with Gasteiger partial charge in [0.2, 0.25) is 5.91 Å². The summed E-state index contributed by atoms with van der Waals surface area (Å²) in [5, 5.41) is 3.63. The summed E-state index contributed by atoms with van der Waals surface area (Å²) in [7, 11) is 1.98. The Balaban J connectivity index is 1.29. The molecule has 0 saturated carbocycles. The number of amides is 1. The van der Waals surface area contributed by atoms with Gasteiger partial charge in [-0.3, -0.25) is 4.79 Å². The molecule has 0 spiro atoms. The number of H-pyrrole nitrogens is 1. The zero-order valence-electron chi connectivity index (χ0n) is 25.0. The van der Waals surface area contributed by atoms with Gasteiger partial charge in [-0.05, 0) is 110 Å². The first kappa shape index (κ1) is 32.9. The van der Waals surface area contributed by atoms with Crippen LogP contribution in [0.25, 0.3) is 22.2 Å².